The molecule has 1 saturated carbocycles. The van der Waals surface area contributed by atoms with Gasteiger partial charge in [0.2, 0.25) is 5.88 Å². The molecule has 1 aromatic rings. The number of aromatic nitrogens is 1. The molecule has 1 aliphatic rings. The molecular weight excluding hydrogens is 302 g/mol. The first-order valence-corrected chi connectivity index (χ1v) is 7.21. The van der Waals surface area contributed by atoms with Crippen molar-refractivity contribution in [2.75, 3.05) is 0 Å². The minimum absolute atomic E-state index is 0.257. The van der Waals surface area contributed by atoms with E-state index in [2.05, 4.69) is 34.8 Å². The summed E-state index contributed by atoms with van der Waals surface area (Å²) in [4.78, 5) is 4.21. The molecule has 0 bridgehead atoms. The van der Waals surface area contributed by atoms with Crippen LogP contribution in [0.2, 0.25) is 5.02 Å². The number of hydrogen-bond acceptors (Lipinski definition) is 2. The first-order valence-electron chi connectivity index (χ1n) is 6.04. The summed E-state index contributed by atoms with van der Waals surface area (Å²) in [6, 6.07) is 1.82. The van der Waals surface area contributed by atoms with Crippen molar-refractivity contribution in [3.05, 3.63) is 21.8 Å². The van der Waals surface area contributed by atoms with Crippen molar-refractivity contribution in [2.45, 2.75) is 39.2 Å². The lowest BCUT2D eigenvalue weighted by molar-refractivity contribution is 0.0965. The van der Waals surface area contributed by atoms with E-state index < -0.39 is 0 Å². The molecule has 1 heterocycles. The Balaban J connectivity index is 2.01. The van der Waals surface area contributed by atoms with Crippen molar-refractivity contribution < 1.29 is 4.74 Å². The average molecular weight is 319 g/mol. The Morgan fingerprint density at radius 2 is 2.12 bits per heavy atom. The van der Waals surface area contributed by atoms with Crippen molar-refractivity contribution in [1.82, 2.24) is 4.98 Å². The molecule has 94 valence electrons. The van der Waals surface area contributed by atoms with Crippen LogP contribution in [-0.4, -0.2) is 11.1 Å². The monoisotopic (exact) mass is 317 g/mol. The van der Waals surface area contributed by atoms with Gasteiger partial charge in [-0.25, -0.2) is 4.98 Å². The van der Waals surface area contributed by atoms with Gasteiger partial charge in [-0.3, -0.25) is 0 Å². The summed E-state index contributed by atoms with van der Waals surface area (Å²) < 4.78 is 6.77. The zero-order valence-electron chi connectivity index (χ0n) is 10.1. The fraction of sp³-hybridized carbons (Fsp3) is 0.615. The minimum Gasteiger partial charge on any atom is -0.473 e. The van der Waals surface area contributed by atoms with Crippen LogP contribution in [0.3, 0.4) is 0 Å². The Bertz CT molecular complexity index is 399. The molecule has 1 aromatic heterocycles. The molecule has 2 nitrogen and oxygen atoms in total. The maximum Gasteiger partial charge on any atom is 0.232 e. The van der Waals surface area contributed by atoms with Crippen LogP contribution >= 0.6 is 27.5 Å². The highest BCUT2D eigenvalue weighted by Crippen LogP contribution is 2.33. The highest BCUT2D eigenvalue weighted by molar-refractivity contribution is 9.10. The molecule has 0 aliphatic heterocycles. The third-order valence-electron chi connectivity index (χ3n) is 3.60. The van der Waals surface area contributed by atoms with Crippen molar-refractivity contribution >= 4 is 27.5 Å². The van der Waals surface area contributed by atoms with Gasteiger partial charge in [0.05, 0.1) is 0 Å². The van der Waals surface area contributed by atoms with Gasteiger partial charge in [0.25, 0.3) is 0 Å². The van der Waals surface area contributed by atoms with Crippen molar-refractivity contribution in [2.24, 2.45) is 11.8 Å². The molecule has 0 spiro atoms. The van der Waals surface area contributed by atoms with Gasteiger partial charge in [0.1, 0.15) is 11.1 Å². The Hall–Kier alpha value is -0.280. The summed E-state index contributed by atoms with van der Waals surface area (Å²) in [6.45, 7) is 4.60. The molecule has 0 saturated heterocycles. The molecule has 0 N–H and O–H groups in total. The summed E-state index contributed by atoms with van der Waals surface area (Å²) in [5.74, 6) is 2.06. The second kappa shape index (κ2) is 5.57. The highest BCUT2D eigenvalue weighted by Gasteiger charge is 2.26. The van der Waals surface area contributed by atoms with Crippen LogP contribution in [0.1, 0.15) is 33.1 Å². The predicted molar refractivity (Wildman–Crippen MR) is 73.5 cm³/mol. The molecular formula is C13H17BrClNO. The highest BCUT2D eigenvalue weighted by atomic mass is 79.9. The maximum atomic E-state index is 6.10. The van der Waals surface area contributed by atoms with Crippen molar-refractivity contribution in [3.8, 4) is 5.88 Å². The SMILES string of the molecule is CC1CCC(Oc2ncc(Br)cc2Cl)CC1C. The van der Waals surface area contributed by atoms with Crippen LogP contribution in [0.5, 0.6) is 5.88 Å². The van der Waals surface area contributed by atoms with Gasteiger partial charge in [-0.2, -0.15) is 0 Å². The fourth-order valence-corrected chi connectivity index (χ4v) is 2.93. The van der Waals surface area contributed by atoms with Crippen molar-refractivity contribution in [1.29, 1.82) is 0 Å². The predicted octanol–water partition coefficient (Wildman–Crippen LogP) is 4.70. The molecule has 1 aliphatic carbocycles. The molecule has 4 heteroatoms. The number of ether oxygens (including phenoxy) is 1. The van der Waals surface area contributed by atoms with Gasteiger partial charge in [0, 0.05) is 10.7 Å². The molecule has 2 rings (SSSR count). The summed E-state index contributed by atoms with van der Waals surface area (Å²) >= 11 is 9.43. The first kappa shape index (κ1) is 13.2. The van der Waals surface area contributed by atoms with Crippen LogP contribution < -0.4 is 4.74 Å². The molecule has 3 atom stereocenters. The smallest absolute Gasteiger partial charge is 0.232 e. The van der Waals surface area contributed by atoms with E-state index in [9.17, 15) is 0 Å². The minimum atomic E-state index is 0.257. The van der Waals surface area contributed by atoms with E-state index in [0.717, 1.165) is 23.2 Å². The van der Waals surface area contributed by atoms with Crippen LogP contribution in [0.25, 0.3) is 0 Å². The molecule has 0 amide bonds. The quantitative estimate of drug-likeness (QED) is 0.788. The van der Waals surface area contributed by atoms with Crippen LogP contribution in [0.4, 0.5) is 0 Å². The summed E-state index contributed by atoms with van der Waals surface area (Å²) in [5.41, 5.74) is 0. The second-order valence-electron chi connectivity index (χ2n) is 4.95. The number of pyridine rings is 1. The molecule has 0 radical (unpaired) electrons. The van der Waals surface area contributed by atoms with E-state index in [1.807, 2.05) is 6.07 Å². The Morgan fingerprint density at radius 3 is 2.76 bits per heavy atom. The lowest BCUT2D eigenvalue weighted by Crippen LogP contribution is -2.29. The summed E-state index contributed by atoms with van der Waals surface area (Å²) in [5, 5.41) is 0.575. The zero-order chi connectivity index (χ0) is 12.4. The Kier molecular flexibility index (Phi) is 4.31. The summed E-state index contributed by atoms with van der Waals surface area (Å²) in [6.07, 6.45) is 5.39. The number of nitrogens with zero attached hydrogens (tertiary/aromatic N) is 1. The van der Waals surface area contributed by atoms with Gasteiger partial charge < -0.3 is 4.74 Å². The van der Waals surface area contributed by atoms with Gasteiger partial charge in [0.15, 0.2) is 0 Å². The van der Waals surface area contributed by atoms with E-state index in [1.165, 1.54) is 6.42 Å². The van der Waals surface area contributed by atoms with E-state index in [4.69, 9.17) is 16.3 Å². The molecule has 3 unspecified atom stereocenters. The topological polar surface area (TPSA) is 22.1 Å². The standard InChI is InChI=1S/C13H17BrClNO/c1-8-3-4-11(5-9(8)2)17-13-12(15)6-10(14)7-16-13/h6-9,11H,3-5H2,1-2H3. The average Bonchev–Trinajstić information content (AvgIpc) is 2.27. The van der Waals surface area contributed by atoms with E-state index in [1.54, 1.807) is 6.20 Å². The lowest BCUT2D eigenvalue weighted by Gasteiger charge is -2.32. The zero-order valence-corrected chi connectivity index (χ0v) is 12.5. The normalized spacial score (nSPS) is 29.1. The first-order chi connectivity index (χ1) is 8.06. The van der Waals surface area contributed by atoms with Crippen molar-refractivity contribution in [3.63, 3.8) is 0 Å². The second-order valence-corrected chi connectivity index (χ2v) is 6.27. The largest absolute Gasteiger partial charge is 0.473 e. The Labute approximate surface area is 116 Å². The molecule has 1 fully saturated rings. The van der Waals surface area contributed by atoms with Gasteiger partial charge in [-0.15, -0.1) is 0 Å². The molecule has 0 aromatic carbocycles. The third-order valence-corrected chi connectivity index (χ3v) is 4.31. The Morgan fingerprint density at radius 1 is 1.35 bits per heavy atom. The van der Waals surface area contributed by atoms with Gasteiger partial charge in [-0.1, -0.05) is 25.4 Å². The van der Waals surface area contributed by atoms with E-state index >= 15 is 0 Å². The van der Waals surface area contributed by atoms with Crippen LogP contribution in [-0.2, 0) is 0 Å². The number of halogens is 2. The summed E-state index contributed by atoms with van der Waals surface area (Å²) in [7, 11) is 0. The third kappa shape index (κ3) is 3.35. The molecule has 17 heavy (non-hydrogen) atoms. The number of hydrogen-bond donors (Lipinski definition) is 0. The lowest BCUT2D eigenvalue weighted by atomic mass is 9.80. The van der Waals surface area contributed by atoms with Crippen LogP contribution in [0, 0.1) is 11.8 Å². The number of rotatable bonds is 2. The fourth-order valence-electron chi connectivity index (χ4n) is 2.25. The van der Waals surface area contributed by atoms with Gasteiger partial charge in [-0.05, 0) is 53.1 Å². The van der Waals surface area contributed by atoms with Gasteiger partial charge >= 0.3 is 0 Å². The van der Waals surface area contributed by atoms with Crippen LogP contribution in [0.15, 0.2) is 16.7 Å². The van der Waals surface area contributed by atoms with E-state index in [-0.39, 0.29) is 6.10 Å². The van der Waals surface area contributed by atoms with E-state index in [0.29, 0.717) is 16.8 Å². The maximum absolute atomic E-state index is 6.10.